The first-order valence-electron chi connectivity index (χ1n) is 1.78. The van der Waals surface area contributed by atoms with Crippen molar-refractivity contribution in [1.29, 1.82) is 0 Å². The van der Waals surface area contributed by atoms with Gasteiger partial charge in [0.05, 0.1) is 22.9 Å². The van der Waals surface area contributed by atoms with Crippen LogP contribution in [0.4, 0.5) is 0 Å². The van der Waals surface area contributed by atoms with Gasteiger partial charge in [-0.25, -0.2) is 9.66 Å². The molecule has 0 fully saturated rings. The average Bonchev–Trinajstić information content (AvgIpc) is 2.14. The fraction of sp³-hybridized carbons (Fsp3) is 0. The quantitative estimate of drug-likeness (QED) is 0.547. The summed E-state index contributed by atoms with van der Waals surface area (Å²) in [5.74, 6) is 0. The standard InChI is InChI=1S/C3H4IN3/c4-6-7-2-1-5-3-7/h1-3,6H. The molecular weight excluding hydrogens is 205 g/mol. The van der Waals surface area contributed by atoms with Gasteiger partial charge in [-0.1, -0.05) is 0 Å². The number of hydrogen-bond donors (Lipinski definition) is 1. The van der Waals surface area contributed by atoms with Gasteiger partial charge in [0.25, 0.3) is 0 Å². The molecule has 1 aromatic rings. The molecule has 3 nitrogen and oxygen atoms in total. The topological polar surface area (TPSA) is 29.9 Å². The van der Waals surface area contributed by atoms with Crippen LogP contribution in [0.5, 0.6) is 0 Å². The first kappa shape index (κ1) is 4.89. The van der Waals surface area contributed by atoms with Crippen molar-refractivity contribution in [2.24, 2.45) is 0 Å². The molecule has 0 spiro atoms. The zero-order valence-electron chi connectivity index (χ0n) is 3.50. The summed E-state index contributed by atoms with van der Waals surface area (Å²) < 4.78 is 4.58. The molecule has 0 aliphatic carbocycles. The number of halogens is 1. The molecule has 0 amide bonds. The Morgan fingerprint density at radius 2 is 2.57 bits per heavy atom. The number of rotatable bonds is 1. The van der Waals surface area contributed by atoms with Gasteiger partial charge in [0.1, 0.15) is 6.33 Å². The number of nitrogens with one attached hydrogen (secondary N) is 1. The lowest BCUT2D eigenvalue weighted by molar-refractivity contribution is 1.02. The lowest BCUT2D eigenvalue weighted by atomic mass is 11.0. The van der Waals surface area contributed by atoms with E-state index in [0.717, 1.165) is 0 Å². The molecule has 0 unspecified atom stereocenters. The first-order valence-corrected chi connectivity index (χ1v) is 2.86. The van der Waals surface area contributed by atoms with E-state index in [1.165, 1.54) is 0 Å². The molecule has 0 aromatic carbocycles. The van der Waals surface area contributed by atoms with Crippen LogP contribution in [0.2, 0.25) is 0 Å². The smallest absolute Gasteiger partial charge is 0.115 e. The minimum absolute atomic E-state index is 1.69. The normalized spacial score (nSPS) is 8.71. The Bertz CT molecular complexity index is 125. The molecular formula is C3H4IN3. The van der Waals surface area contributed by atoms with Gasteiger partial charge in [0.15, 0.2) is 0 Å². The van der Waals surface area contributed by atoms with Gasteiger partial charge in [-0.05, 0) is 0 Å². The van der Waals surface area contributed by atoms with Gasteiger partial charge in [-0.2, -0.15) is 0 Å². The summed E-state index contributed by atoms with van der Waals surface area (Å²) in [5.41, 5.74) is 0. The van der Waals surface area contributed by atoms with Crippen LogP contribution in [0.25, 0.3) is 0 Å². The van der Waals surface area contributed by atoms with Gasteiger partial charge in [-0.15, -0.1) is 0 Å². The van der Waals surface area contributed by atoms with Gasteiger partial charge < -0.3 is 0 Å². The van der Waals surface area contributed by atoms with E-state index in [9.17, 15) is 0 Å². The van der Waals surface area contributed by atoms with Crippen LogP contribution in [0.3, 0.4) is 0 Å². The van der Waals surface area contributed by atoms with E-state index in [-0.39, 0.29) is 0 Å². The molecule has 0 atom stereocenters. The van der Waals surface area contributed by atoms with E-state index in [0.29, 0.717) is 0 Å². The van der Waals surface area contributed by atoms with Crippen LogP contribution in [0.1, 0.15) is 0 Å². The highest BCUT2D eigenvalue weighted by molar-refractivity contribution is 14.1. The van der Waals surface area contributed by atoms with Crippen molar-refractivity contribution < 1.29 is 0 Å². The van der Waals surface area contributed by atoms with Crippen LogP contribution in [-0.2, 0) is 0 Å². The molecule has 4 heteroatoms. The van der Waals surface area contributed by atoms with E-state index in [2.05, 4.69) is 8.62 Å². The predicted molar refractivity (Wildman–Crippen MR) is 35.6 cm³/mol. The number of aromatic nitrogens is 2. The summed E-state index contributed by atoms with van der Waals surface area (Å²) in [6.45, 7) is 0. The van der Waals surface area contributed by atoms with Crippen LogP contribution >= 0.6 is 22.9 Å². The third kappa shape index (κ3) is 1.05. The van der Waals surface area contributed by atoms with Crippen LogP contribution in [-0.4, -0.2) is 9.66 Å². The summed E-state index contributed by atoms with van der Waals surface area (Å²) in [6.07, 6.45) is 5.23. The van der Waals surface area contributed by atoms with Crippen molar-refractivity contribution in [1.82, 2.24) is 9.66 Å². The minimum Gasteiger partial charge on any atom is -0.265 e. The van der Waals surface area contributed by atoms with E-state index in [4.69, 9.17) is 0 Å². The fourth-order valence-electron chi connectivity index (χ4n) is 0.309. The molecule has 1 rings (SSSR count). The number of nitrogens with zero attached hydrogens (tertiary/aromatic N) is 2. The van der Waals surface area contributed by atoms with Gasteiger partial charge in [-0.3, -0.25) is 3.64 Å². The van der Waals surface area contributed by atoms with Gasteiger partial charge in [0.2, 0.25) is 0 Å². The summed E-state index contributed by atoms with van der Waals surface area (Å²) >= 11 is 2.02. The summed E-state index contributed by atoms with van der Waals surface area (Å²) in [4.78, 5) is 3.79. The predicted octanol–water partition coefficient (Wildman–Crippen LogP) is 0.777. The zero-order valence-corrected chi connectivity index (χ0v) is 5.66. The molecule has 1 aromatic heterocycles. The summed E-state index contributed by atoms with van der Waals surface area (Å²) in [7, 11) is 0. The molecule has 0 aliphatic rings. The molecule has 0 aliphatic heterocycles. The highest BCUT2D eigenvalue weighted by Gasteiger charge is 1.76. The van der Waals surface area contributed by atoms with Crippen LogP contribution in [0.15, 0.2) is 18.7 Å². The second-order valence-electron chi connectivity index (χ2n) is 1.05. The first-order chi connectivity index (χ1) is 3.43. The van der Waals surface area contributed by atoms with Crippen molar-refractivity contribution in [3.8, 4) is 0 Å². The average molecular weight is 209 g/mol. The third-order valence-electron chi connectivity index (χ3n) is 0.602. The third-order valence-corrected chi connectivity index (χ3v) is 1.16. The highest BCUT2D eigenvalue weighted by atomic mass is 127. The summed E-state index contributed by atoms with van der Waals surface area (Å²) in [6, 6.07) is 0. The SMILES string of the molecule is INn1ccnc1. The Hall–Kier alpha value is -0.260. The molecule has 7 heavy (non-hydrogen) atoms. The molecule has 0 radical (unpaired) electrons. The Labute approximate surface area is 55.2 Å². The van der Waals surface area contributed by atoms with Crippen LogP contribution in [0, 0.1) is 0 Å². The maximum Gasteiger partial charge on any atom is 0.115 e. The second kappa shape index (κ2) is 2.15. The molecule has 0 saturated heterocycles. The maximum atomic E-state index is 3.79. The minimum atomic E-state index is 1.69. The molecule has 38 valence electrons. The van der Waals surface area contributed by atoms with Gasteiger partial charge in [0, 0.05) is 12.4 Å². The summed E-state index contributed by atoms with van der Waals surface area (Å²) in [5, 5.41) is 0. The van der Waals surface area contributed by atoms with Crippen molar-refractivity contribution in [2.45, 2.75) is 0 Å². The molecule has 0 saturated carbocycles. The number of imidazole rings is 1. The monoisotopic (exact) mass is 209 g/mol. The zero-order chi connectivity index (χ0) is 5.11. The highest BCUT2D eigenvalue weighted by Crippen LogP contribution is 1.81. The van der Waals surface area contributed by atoms with Gasteiger partial charge >= 0.3 is 0 Å². The van der Waals surface area contributed by atoms with Crippen molar-refractivity contribution in [3.05, 3.63) is 18.7 Å². The van der Waals surface area contributed by atoms with Crippen molar-refractivity contribution in [3.63, 3.8) is 0 Å². The lowest BCUT2D eigenvalue weighted by Crippen LogP contribution is -1.96. The Morgan fingerprint density at radius 3 is 2.86 bits per heavy atom. The molecule has 1 N–H and O–H groups in total. The second-order valence-corrected chi connectivity index (χ2v) is 1.54. The fourth-order valence-corrected chi connectivity index (χ4v) is 0.594. The van der Waals surface area contributed by atoms with E-state index < -0.39 is 0 Å². The number of hydrogen-bond acceptors (Lipinski definition) is 2. The Kier molecular flexibility index (Phi) is 1.50. The Morgan fingerprint density at radius 1 is 1.71 bits per heavy atom. The van der Waals surface area contributed by atoms with E-state index in [1.807, 2.05) is 29.1 Å². The van der Waals surface area contributed by atoms with Crippen molar-refractivity contribution >= 4 is 22.9 Å². The largest absolute Gasteiger partial charge is 0.265 e. The Balaban J connectivity index is 2.76. The maximum absolute atomic E-state index is 3.79. The van der Waals surface area contributed by atoms with Crippen LogP contribution < -0.4 is 3.64 Å². The molecule has 0 bridgehead atoms. The lowest BCUT2D eigenvalue weighted by Gasteiger charge is -1.90. The van der Waals surface area contributed by atoms with Crippen molar-refractivity contribution in [2.75, 3.05) is 3.64 Å². The van der Waals surface area contributed by atoms with E-state index >= 15 is 0 Å². The van der Waals surface area contributed by atoms with E-state index in [1.54, 1.807) is 17.2 Å². The molecule has 1 heterocycles.